The van der Waals surface area contributed by atoms with Crippen molar-refractivity contribution < 1.29 is 56.3 Å². The Morgan fingerprint density at radius 3 is 2.48 bits per heavy atom. The van der Waals surface area contributed by atoms with E-state index in [4.69, 9.17) is 27.8 Å². The zero-order chi connectivity index (χ0) is 35.1. The first-order chi connectivity index (χ1) is 23.0. The van der Waals surface area contributed by atoms with Crippen LogP contribution < -0.4 is 16.3 Å². The van der Waals surface area contributed by atoms with Gasteiger partial charge in [0.2, 0.25) is 5.91 Å². The van der Waals surface area contributed by atoms with Crippen molar-refractivity contribution in [1.82, 2.24) is 14.9 Å². The van der Waals surface area contributed by atoms with E-state index in [0.717, 1.165) is 17.2 Å². The molecular formula is C30H37N4O13P. The number of carbonyl (C=O) groups is 4. The number of nitrogens with one attached hydrogen (secondary N) is 2. The largest absolute Gasteiger partial charge is 0.475 e. The van der Waals surface area contributed by atoms with Gasteiger partial charge >= 0.3 is 31.5 Å². The summed E-state index contributed by atoms with van der Waals surface area (Å²) in [6.07, 6.45) is -0.0658. The Kier molecular flexibility index (Phi) is 14.7. The number of benzene rings is 1. The molecule has 0 saturated carbocycles. The number of nitrogens with zero attached hydrogens (tertiary/aromatic N) is 2. The Morgan fingerprint density at radius 1 is 1.10 bits per heavy atom. The SMILES string of the molecule is C=CCOC(=O)N[C@@H](COP(=O)(OCC=C)OC[C@H]1O[C@@H](n2ccc(NC(=O)Cc3ccccc3)nc2=O)C[C@@H]1OC(C)=O)C(=O)OC. The van der Waals surface area contributed by atoms with Gasteiger partial charge < -0.3 is 29.6 Å². The lowest BCUT2D eigenvalue weighted by Crippen LogP contribution is -2.44. The normalized spacial score (nSPS) is 18.8. The predicted molar refractivity (Wildman–Crippen MR) is 167 cm³/mol. The Bertz CT molecular complexity index is 1550. The van der Waals surface area contributed by atoms with Gasteiger partial charge in [0.25, 0.3) is 0 Å². The van der Waals surface area contributed by atoms with Gasteiger partial charge in [-0.2, -0.15) is 4.98 Å². The zero-order valence-corrected chi connectivity index (χ0v) is 27.2. The van der Waals surface area contributed by atoms with Gasteiger partial charge in [0, 0.05) is 19.5 Å². The second-order valence-electron chi connectivity index (χ2n) is 9.96. The van der Waals surface area contributed by atoms with Crippen molar-refractivity contribution in [3.8, 4) is 0 Å². The fourth-order valence-electron chi connectivity index (χ4n) is 4.24. The van der Waals surface area contributed by atoms with Crippen molar-refractivity contribution in [2.75, 3.05) is 38.9 Å². The smallest absolute Gasteiger partial charge is 0.467 e. The van der Waals surface area contributed by atoms with E-state index in [1.807, 2.05) is 6.07 Å². The molecule has 1 aromatic heterocycles. The number of ether oxygens (including phenoxy) is 4. The molecule has 0 radical (unpaired) electrons. The lowest BCUT2D eigenvalue weighted by Gasteiger charge is -2.23. The molecule has 1 fully saturated rings. The molecule has 260 valence electrons. The average molecular weight is 693 g/mol. The number of amides is 2. The molecule has 1 aliphatic rings. The molecular weight excluding hydrogens is 655 g/mol. The third kappa shape index (κ3) is 11.8. The van der Waals surface area contributed by atoms with Crippen molar-refractivity contribution >= 4 is 37.6 Å². The molecule has 18 heteroatoms. The maximum Gasteiger partial charge on any atom is 0.475 e. The lowest BCUT2D eigenvalue weighted by atomic mass is 10.1. The van der Waals surface area contributed by atoms with E-state index in [-0.39, 0.29) is 37.8 Å². The third-order valence-electron chi connectivity index (χ3n) is 6.37. The number of hydrogen-bond acceptors (Lipinski definition) is 14. The number of hydrogen-bond donors (Lipinski definition) is 2. The second-order valence-corrected chi connectivity index (χ2v) is 11.6. The van der Waals surface area contributed by atoms with Crippen molar-refractivity contribution in [2.45, 2.75) is 44.2 Å². The predicted octanol–water partition coefficient (Wildman–Crippen LogP) is 2.44. The number of phosphoric ester groups is 1. The number of anilines is 1. The minimum atomic E-state index is -4.49. The summed E-state index contributed by atoms with van der Waals surface area (Å²) in [5, 5.41) is 4.78. The number of aromatic nitrogens is 2. The zero-order valence-electron chi connectivity index (χ0n) is 26.3. The summed E-state index contributed by atoms with van der Waals surface area (Å²) in [5.74, 6) is -1.95. The molecule has 1 aromatic carbocycles. The number of phosphoric acid groups is 1. The lowest BCUT2D eigenvalue weighted by molar-refractivity contribution is -0.150. The van der Waals surface area contributed by atoms with Crippen LogP contribution in [-0.2, 0) is 57.9 Å². The molecule has 1 aliphatic heterocycles. The highest BCUT2D eigenvalue weighted by atomic mass is 31.2. The summed E-state index contributed by atoms with van der Waals surface area (Å²) in [6, 6.07) is 8.95. The molecule has 0 bridgehead atoms. The average Bonchev–Trinajstić information content (AvgIpc) is 3.45. The number of esters is 2. The minimum Gasteiger partial charge on any atom is -0.467 e. The Hall–Kier alpha value is -4.67. The molecule has 1 unspecified atom stereocenters. The number of methoxy groups -OCH3 is 1. The maximum absolute atomic E-state index is 13.5. The van der Waals surface area contributed by atoms with E-state index in [1.54, 1.807) is 24.3 Å². The van der Waals surface area contributed by atoms with Gasteiger partial charge in [-0.05, 0) is 11.6 Å². The van der Waals surface area contributed by atoms with Crippen LogP contribution in [0, 0.1) is 0 Å². The summed E-state index contributed by atoms with van der Waals surface area (Å²) in [6.45, 7) is 6.38. The standard InChI is InChI=1S/C30H37N4O13P/c1-5-14-42-30(39)31-22(28(37)41-4)18-44-48(40,43-15-6-2)45-19-24-23(46-20(3)35)17-27(47-24)34-13-12-25(33-29(34)38)32-26(36)16-21-10-8-7-9-11-21/h5-13,22-24,27H,1-2,14-19H2,3-4H3,(H,31,39)(H,32,33,36,38)/t22-,23-,24+,27+,48?/m0/s1. The summed E-state index contributed by atoms with van der Waals surface area (Å²) >= 11 is 0. The molecule has 17 nitrogen and oxygen atoms in total. The van der Waals surface area contributed by atoms with Crippen molar-refractivity contribution in [2.24, 2.45) is 0 Å². The van der Waals surface area contributed by atoms with Gasteiger partial charge in [0.05, 0.1) is 33.4 Å². The molecule has 1 saturated heterocycles. The van der Waals surface area contributed by atoms with Crippen molar-refractivity contribution in [1.29, 1.82) is 0 Å². The molecule has 0 spiro atoms. The molecule has 48 heavy (non-hydrogen) atoms. The first-order valence-electron chi connectivity index (χ1n) is 14.5. The highest BCUT2D eigenvalue weighted by Crippen LogP contribution is 2.50. The summed E-state index contributed by atoms with van der Waals surface area (Å²) in [5.41, 5.74) is 0.0122. The number of alkyl carbamates (subject to hydrolysis) is 1. The fraction of sp³-hybridized carbons (Fsp3) is 0.400. The maximum atomic E-state index is 13.5. The van der Waals surface area contributed by atoms with Gasteiger partial charge in [0.1, 0.15) is 30.9 Å². The molecule has 5 atom stereocenters. The molecule has 3 rings (SSSR count). The van der Waals surface area contributed by atoms with E-state index in [9.17, 15) is 28.5 Å². The van der Waals surface area contributed by atoms with E-state index >= 15 is 0 Å². The molecule has 2 amide bonds. The summed E-state index contributed by atoms with van der Waals surface area (Å²) < 4.78 is 51.4. The highest BCUT2D eigenvalue weighted by molar-refractivity contribution is 7.48. The van der Waals surface area contributed by atoms with Crippen LogP contribution in [0.15, 0.2) is 72.7 Å². The number of carbonyl (C=O) groups excluding carboxylic acids is 4. The van der Waals surface area contributed by atoms with Crippen LogP contribution in [0.25, 0.3) is 0 Å². The van der Waals surface area contributed by atoms with Crippen LogP contribution in [0.2, 0.25) is 0 Å². The van der Waals surface area contributed by atoms with Gasteiger partial charge in [-0.25, -0.2) is 18.9 Å². The molecule has 0 aliphatic carbocycles. The van der Waals surface area contributed by atoms with Crippen LogP contribution in [0.3, 0.4) is 0 Å². The number of rotatable bonds is 18. The Balaban J connectivity index is 1.69. The van der Waals surface area contributed by atoms with Gasteiger partial charge in [-0.15, -0.1) is 6.58 Å². The molecule has 2 aromatic rings. The summed E-state index contributed by atoms with van der Waals surface area (Å²) in [7, 11) is -3.43. The van der Waals surface area contributed by atoms with Crippen LogP contribution in [0.5, 0.6) is 0 Å². The quantitative estimate of drug-likeness (QED) is 0.0996. The van der Waals surface area contributed by atoms with Crippen molar-refractivity contribution in [3.05, 3.63) is 84.0 Å². The molecule has 2 N–H and O–H groups in total. The van der Waals surface area contributed by atoms with E-state index in [2.05, 4.69) is 33.5 Å². The van der Waals surface area contributed by atoms with Gasteiger partial charge in [0.15, 0.2) is 6.04 Å². The van der Waals surface area contributed by atoms with E-state index in [0.29, 0.717) is 0 Å². The monoisotopic (exact) mass is 692 g/mol. The minimum absolute atomic E-state index is 0.0191. The van der Waals surface area contributed by atoms with Crippen LogP contribution in [0.1, 0.15) is 25.1 Å². The first-order valence-corrected chi connectivity index (χ1v) is 15.9. The summed E-state index contributed by atoms with van der Waals surface area (Å²) in [4.78, 5) is 65.3. The van der Waals surface area contributed by atoms with Gasteiger partial charge in [-0.3, -0.25) is 27.7 Å². The topological polar surface area (TPSA) is 209 Å². The third-order valence-corrected chi connectivity index (χ3v) is 7.77. The Morgan fingerprint density at radius 2 is 1.83 bits per heavy atom. The van der Waals surface area contributed by atoms with Gasteiger partial charge in [-0.1, -0.05) is 49.1 Å². The Labute approximate surface area is 275 Å². The van der Waals surface area contributed by atoms with Crippen LogP contribution in [-0.4, -0.2) is 85.3 Å². The van der Waals surface area contributed by atoms with E-state index < -0.39 is 69.2 Å². The molecule has 2 heterocycles. The highest BCUT2D eigenvalue weighted by Gasteiger charge is 2.41. The van der Waals surface area contributed by atoms with Crippen LogP contribution >= 0.6 is 7.82 Å². The first kappa shape index (κ1) is 37.8. The van der Waals surface area contributed by atoms with Crippen LogP contribution in [0.4, 0.5) is 10.6 Å². The second kappa shape index (κ2) is 18.6. The fourth-order valence-corrected chi connectivity index (χ4v) is 5.42. The van der Waals surface area contributed by atoms with E-state index in [1.165, 1.54) is 31.3 Å². The van der Waals surface area contributed by atoms with Crippen molar-refractivity contribution in [3.63, 3.8) is 0 Å².